The molecule has 1 aromatic carbocycles. The largest absolute Gasteiger partial charge is 0.344 e. The van der Waals surface area contributed by atoms with Crippen LogP contribution in [0.4, 0.5) is 0 Å². The molecular weight excluding hydrogens is 334 g/mol. The lowest BCUT2D eigenvalue weighted by molar-refractivity contribution is 0.0934. The molecule has 1 unspecified atom stereocenters. The number of aryl methyl sites for hydroxylation is 2. The van der Waals surface area contributed by atoms with Gasteiger partial charge in [0.15, 0.2) is 0 Å². The second-order valence-electron chi connectivity index (χ2n) is 6.44. The highest BCUT2D eigenvalue weighted by Crippen LogP contribution is 2.24. The highest BCUT2D eigenvalue weighted by atomic mass is 32.2. The molecule has 25 heavy (non-hydrogen) atoms. The van der Waals surface area contributed by atoms with Gasteiger partial charge in [-0.15, -0.1) is 0 Å². The molecule has 2 aromatic rings. The number of carbonyl (C=O) groups excluding carboxylic acids is 1. The highest BCUT2D eigenvalue weighted by molar-refractivity contribution is 7.97. The van der Waals surface area contributed by atoms with Crippen molar-refractivity contribution in [1.29, 1.82) is 0 Å². The third kappa shape index (κ3) is 4.31. The number of benzene rings is 1. The smallest absolute Gasteiger partial charge is 0.270 e. The summed E-state index contributed by atoms with van der Waals surface area (Å²) in [7, 11) is 0. The Morgan fingerprint density at radius 2 is 2.04 bits per heavy atom. The average Bonchev–Trinajstić information content (AvgIpc) is 2.61. The maximum Gasteiger partial charge on any atom is 0.270 e. The minimum atomic E-state index is -0.321. The lowest BCUT2D eigenvalue weighted by atomic mass is 9.89. The van der Waals surface area contributed by atoms with E-state index in [9.17, 15) is 9.59 Å². The molecule has 1 aliphatic rings. The first kappa shape index (κ1) is 17.7. The molecule has 1 amide bonds. The summed E-state index contributed by atoms with van der Waals surface area (Å²) >= 11 is 1.54. The second kappa shape index (κ2) is 7.87. The first-order valence-corrected chi connectivity index (χ1v) is 9.98. The molecule has 0 radical (unpaired) electrons. The van der Waals surface area contributed by atoms with E-state index in [1.54, 1.807) is 11.8 Å². The van der Waals surface area contributed by atoms with Gasteiger partial charge in [0.1, 0.15) is 11.5 Å². The van der Waals surface area contributed by atoms with Crippen molar-refractivity contribution in [2.75, 3.05) is 6.26 Å². The number of nitrogens with one attached hydrogen (secondary N) is 2. The molecular formula is C19H23N3O2S. The van der Waals surface area contributed by atoms with Gasteiger partial charge in [-0.25, -0.2) is 4.98 Å². The van der Waals surface area contributed by atoms with Crippen LogP contribution in [0.25, 0.3) is 0 Å². The monoisotopic (exact) mass is 357 g/mol. The van der Waals surface area contributed by atoms with Gasteiger partial charge in [0, 0.05) is 6.07 Å². The Hall–Kier alpha value is -2.08. The zero-order chi connectivity index (χ0) is 17.8. The Labute approximate surface area is 151 Å². The van der Waals surface area contributed by atoms with Crippen LogP contribution in [-0.4, -0.2) is 22.1 Å². The molecule has 0 fully saturated rings. The van der Waals surface area contributed by atoms with Crippen LogP contribution < -0.4 is 10.9 Å². The summed E-state index contributed by atoms with van der Waals surface area (Å²) in [6, 6.07) is 7.57. The number of H-pyrrole nitrogens is 1. The number of amides is 1. The molecule has 1 aliphatic carbocycles. The highest BCUT2D eigenvalue weighted by Gasteiger charge is 2.16. The molecule has 5 nitrogen and oxygen atoms in total. The van der Waals surface area contributed by atoms with E-state index in [0.29, 0.717) is 11.6 Å². The van der Waals surface area contributed by atoms with E-state index in [2.05, 4.69) is 33.5 Å². The van der Waals surface area contributed by atoms with Crippen molar-refractivity contribution in [3.63, 3.8) is 0 Å². The van der Waals surface area contributed by atoms with Crippen molar-refractivity contribution in [3.8, 4) is 0 Å². The van der Waals surface area contributed by atoms with E-state index >= 15 is 0 Å². The molecule has 1 aromatic heterocycles. The van der Waals surface area contributed by atoms with Gasteiger partial charge in [-0.3, -0.25) is 9.59 Å². The Balaban J connectivity index is 1.75. The molecule has 0 saturated heterocycles. The Morgan fingerprint density at radius 1 is 1.28 bits per heavy atom. The zero-order valence-electron chi connectivity index (χ0n) is 14.6. The quantitative estimate of drug-likeness (QED) is 0.863. The first-order valence-electron chi connectivity index (χ1n) is 8.58. The van der Waals surface area contributed by atoms with E-state index in [-0.39, 0.29) is 23.2 Å². The Kier molecular flexibility index (Phi) is 5.58. The topological polar surface area (TPSA) is 74.8 Å². The fraction of sp³-hybridized carbons (Fsp3) is 0.421. The number of rotatable bonds is 5. The van der Waals surface area contributed by atoms with E-state index in [1.807, 2.05) is 13.2 Å². The van der Waals surface area contributed by atoms with Crippen molar-refractivity contribution in [2.45, 2.75) is 44.4 Å². The van der Waals surface area contributed by atoms with Gasteiger partial charge in [-0.1, -0.05) is 18.2 Å². The van der Waals surface area contributed by atoms with E-state index < -0.39 is 0 Å². The van der Waals surface area contributed by atoms with Gasteiger partial charge < -0.3 is 10.3 Å². The van der Waals surface area contributed by atoms with E-state index in [4.69, 9.17) is 0 Å². The first-order chi connectivity index (χ1) is 12.1. The fourth-order valence-corrected chi connectivity index (χ4v) is 3.62. The summed E-state index contributed by atoms with van der Waals surface area (Å²) in [6.45, 7) is 1.96. The van der Waals surface area contributed by atoms with E-state index in [0.717, 1.165) is 18.4 Å². The molecule has 0 saturated carbocycles. The standard InChI is InChI=1S/C19H23N3O2S/c1-12(14-8-7-13-5-3-4-6-15(13)9-14)20-19(24)16-10-18(23)22-17(21-16)11-25-2/h7-10,12H,3-6,11H2,1-2H3,(H,20,24)(H,21,22,23). The summed E-state index contributed by atoms with van der Waals surface area (Å²) in [6.07, 6.45) is 6.66. The summed E-state index contributed by atoms with van der Waals surface area (Å²) in [5.74, 6) is 0.766. The second-order valence-corrected chi connectivity index (χ2v) is 7.31. The Morgan fingerprint density at radius 3 is 2.80 bits per heavy atom. The van der Waals surface area contributed by atoms with Gasteiger partial charge in [0.05, 0.1) is 11.8 Å². The summed E-state index contributed by atoms with van der Waals surface area (Å²) in [5, 5.41) is 2.95. The Bertz CT molecular complexity index is 832. The molecule has 0 aliphatic heterocycles. The molecule has 0 spiro atoms. The number of thioether (sulfide) groups is 1. The van der Waals surface area contributed by atoms with Gasteiger partial charge in [0.2, 0.25) is 0 Å². The molecule has 2 N–H and O–H groups in total. The van der Waals surface area contributed by atoms with Crippen LogP contribution in [-0.2, 0) is 18.6 Å². The van der Waals surface area contributed by atoms with Gasteiger partial charge >= 0.3 is 0 Å². The van der Waals surface area contributed by atoms with Crippen molar-refractivity contribution in [3.05, 3.63) is 62.8 Å². The fourth-order valence-electron chi connectivity index (χ4n) is 3.21. The van der Waals surface area contributed by atoms with Crippen molar-refractivity contribution in [2.24, 2.45) is 0 Å². The van der Waals surface area contributed by atoms with E-state index in [1.165, 1.54) is 30.0 Å². The number of fused-ring (bicyclic) bond motifs is 1. The number of aromatic amines is 1. The van der Waals surface area contributed by atoms with Crippen LogP contribution in [0.2, 0.25) is 0 Å². The third-order valence-corrected chi connectivity index (χ3v) is 5.09. The predicted octanol–water partition coefficient (Wildman–Crippen LogP) is 3.00. The van der Waals surface area contributed by atoms with Crippen LogP contribution in [0.1, 0.15) is 58.8 Å². The molecule has 6 heteroatoms. The molecule has 132 valence electrons. The summed E-state index contributed by atoms with van der Waals surface area (Å²) in [5.41, 5.74) is 3.76. The average molecular weight is 357 g/mol. The predicted molar refractivity (Wildman–Crippen MR) is 101 cm³/mol. The van der Waals surface area contributed by atoms with Crippen molar-refractivity contribution in [1.82, 2.24) is 15.3 Å². The molecule has 1 heterocycles. The number of hydrogen-bond acceptors (Lipinski definition) is 4. The number of hydrogen-bond donors (Lipinski definition) is 2. The number of aromatic nitrogens is 2. The van der Waals surface area contributed by atoms with Gasteiger partial charge in [-0.05, 0) is 55.6 Å². The number of nitrogens with zero attached hydrogens (tertiary/aromatic N) is 1. The summed E-state index contributed by atoms with van der Waals surface area (Å²) < 4.78 is 0. The lowest BCUT2D eigenvalue weighted by Crippen LogP contribution is -2.29. The van der Waals surface area contributed by atoms with Crippen LogP contribution in [0.3, 0.4) is 0 Å². The van der Waals surface area contributed by atoms with Crippen LogP contribution in [0.5, 0.6) is 0 Å². The van der Waals surface area contributed by atoms with Crippen LogP contribution in [0.15, 0.2) is 29.1 Å². The number of carbonyl (C=O) groups is 1. The molecule has 3 rings (SSSR count). The van der Waals surface area contributed by atoms with Crippen molar-refractivity contribution >= 4 is 17.7 Å². The minimum Gasteiger partial charge on any atom is -0.344 e. The van der Waals surface area contributed by atoms with Gasteiger partial charge in [-0.2, -0.15) is 11.8 Å². The molecule has 0 bridgehead atoms. The van der Waals surface area contributed by atoms with Crippen molar-refractivity contribution < 1.29 is 4.79 Å². The lowest BCUT2D eigenvalue weighted by Gasteiger charge is -2.20. The van der Waals surface area contributed by atoms with Gasteiger partial charge in [0.25, 0.3) is 11.5 Å². The SMILES string of the molecule is CSCc1nc(C(=O)NC(C)c2ccc3c(c2)CCCC3)cc(=O)[nH]1. The zero-order valence-corrected chi connectivity index (χ0v) is 15.4. The summed E-state index contributed by atoms with van der Waals surface area (Å²) in [4.78, 5) is 31.1. The maximum absolute atomic E-state index is 12.5. The minimum absolute atomic E-state index is 0.134. The normalized spacial score (nSPS) is 14.6. The van der Waals surface area contributed by atoms with Crippen LogP contribution >= 0.6 is 11.8 Å². The third-order valence-electron chi connectivity index (χ3n) is 4.52. The maximum atomic E-state index is 12.5. The molecule has 1 atom stereocenters. The van der Waals surface area contributed by atoms with Crippen LogP contribution in [0, 0.1) is 0 Å².